The van der Waals surface area contributed by atoms with Crippen molar-refractivity contribution >= 4 is 46.6 Å². The predicted molar refractivity (Wildman–Crippen MR) is 113 cm³/mol. The van der Waals surface area contributed by atoms with E-state index in [0.29, 0.717) is 5.25 Å². The van der Waals surface area contributed by atoms with Gasteiger partial charge in [0.2, 0.25) is 0 Å². The molecule has 0 bridgehead atoms. The Balaban J connectivity index is 0.000000300. The molecule has 0 fully saturated rings. The van der Waals surface area contributed by atoms with Crippen molar-refractivity contribution in [2.24, 2.45) is 0 Å². The van der Waals surface area contributed by atoms with Gasteiger partial charge in [-0.1, -0.05) is 17.7 Å². The summed E-state index contributed by atoms with van der Waals surface area (Å²) in [5, 5.41) is 23.7. The van der Waals surface area contributed by atoms with E-state index in [0.717, 1.165) is 36.0 Å². The maximum Gasteiger partial charge on any atom is 0.303 e. The van der Waals surface area contributed by atoms with Crippen molar-refractivity contribution in [3.05, 3.63) is 44.9 Å². The van der Waals surface area contributed by atoms with Crippen molar-refractivity contribution in [1.82, 2.24) is 10.3 Å². The Kier molecular flexibility index (Phi) is 9.24. The molecule has 1 atom stereocenters. The van der Waals surface area contributed by atoms with Crippen LogP contribution in [0, 0.1) is 0 Å². The molecule has 1 aromatic heterocycles. The lowest BCUT2D eigenvalue weighted by Crippen LogP contribution is -2.16. The predicted octanol–water partition coefficient (Wildman–Crippen LogP) is 4.27. The second kappa shape index (κ2) is 11.4. The maximum absolute atomic E-state index is 9.64. The van der Waals surface area contributed by atoms with Crippen molar-refractivity contribution in [3.8, 4) is 0 Å². The van der Waals surface area contributed by atoms with Gasteiger partial charge in [-0.2, -0.15) is 0 Å². The van der Waals surface area contributed by atoms with E-state index in [1.54, 1.807) is 11.3 Å². The summed E-state index contributed by atoms with van der Waals surface area (Å²) in [4.78, 5) is 24.9. The quantitative estimate of drug-likeness (QED) is 0.574. The first-order valence-corrected chi connectivity index (χ1v) is 11.0. The zero-order valence-corrected chi connectivity index (χ0v) is 17.9. The molecule has 1 unspecified atom stereocenters. The van der Waals surface area contributed by atoms with Gasteiger partial charge < -0.3 is 15.5 Å². The molecule has 152 valence electrons. The van der Waals surface area contributed by atoms with Crippen LogP contribution in [-0.2, 0) is 22.4 Å². The average Bonchev–Trinajstić information content (AvgIpc) is 3.09. The first-order valence-electron chi connectivity index (χ1n) is 8.89. The standard InChI is InChI=1S/C15H17ClN2S2.C4H6O4/c1-10(15-18-8-9-19-15)20-14-12-5-7-17-6-4-11(12)2-3-13(14)16;5-3(6)1-2-4(7)8/h2-3,8-10,17H,4-7H2,1H3;1-2H2,(H,5,6)(H,7,8). The number of nitrogens with one attached hydrogen (secondary N) is 1. The molecule has 0 radical (unpaired) electrons. The summed E-state index contributed by atoms with van der Waals surface area (Å²) in [7, 11) is 0. The van der Waals surface area contributed by atoms with E-state index in [4.69, 9.17) is 21.8 Å². The van der Waals surface area contributed by atoms with E-state index in [2.05, 4.69) is 23.3 Å². The van der Waals surface area contributed by atoms with Crippen LogP contribution in [0.1, 0.15) is 41.1 Å². The van der Waals surface area contributed by atoms with Crippen molar-refractivity contribution in [3.63, 3.8) is 0 Å². The lowest BCUT2D eigenvalue weighted by atomic mass is 10.0. The Hall–Kier alpha value is -1.61. The third-order valence-electron chi connectivity index (χ3n) is 4.08. The fraction of sp³-hybridized carbons (Fsp3) is 0.421. The molecule has 1 aromatic carbocycles. The summed E-state index contributed by atoms with van der Waals surface area (Å²) in [6.45, 7) is 4.29. The van der Waals surface area contributed by atoms with Gasteiger partial charge in [-0.05, 0) is 50.0 Å². The van der Waals surface area contributed by atoms with Crippen LogP contribution in [0.5, 0.6) is 0 Å². The minimum atomic E-state index is -1.08. The SMILES string of the molecule is CC(Sc1c(Cl)ccc2c1CCNCC2)c1nccs1.O=C(O)CCC(=O)O. The summed E-state index contributed by atoms with van der Waals surface area (Å²) >= 11 is 10.0. The Labute approximate surface area is 177 Å². The number of carbonyl (C=O) groups is 2. The molecule has 2 heterocycles. The highest BCUT2D eigenvalue weighted by molar-refractivity contribution is 7.99. The van der Waals surface area contributed by atoms with Crippen molar-refractivity contribution in [1.29, 1.82) is 0 Å². The van der Waals surface area contributed by atoms with Crippen molar-refractivity contribution < 1.29 is 19.8 Å². The minimum Gasteiger partial charge on any atom is -0.481 e. The van der Waals surface area contributed by atoms with E-state index in [1.807, 2.05) is 29.4 Å². The number of aliphatic carboxylic acids is 2. The Morgan fingerprint density at radius 1 is 1.25 bits per heavy atom. The van der Waals surface area contributed by atoms with Crippen molar-refractivity contribution in [2.75, 3.05) is 13.1 Å². The number of aromatic nitrogens is 1. The Morgan fingerprint density at radius 3 is 2.54 bits per heavy atom. The van der Waals surface area contributed by atoms with E-state index in [1.165, 1.54) is 16.0 Å². The van der Waals surface area contributed by atoms with Gasteiger partial charge in [0.05, 0.1) is 23.1 Å². The van der Waals surface area contributed by atoms with Crippen LogP contribution >= 0.6 is 34.7 Å². The van der Waals surface area contributed by atoms with E-state index >= 15 is 0 Å². The molecule has 1 aliphatic rings. The first-order chi connectivity index (χ1) is 13.4. The number of carboxylic acid groups (broad SMARTS) is 2. The lowest BCUT2D eigenvalue weighted by Gasteiger charge is -2.16. The number of thiazole rings is 1. The van der Waals surface area contributed by atoms with Crippen LogP contribution in [0.15, 0.2) is 28.6 Å². The second-order valence-electron chi connectivity index (χ2n) is 6.18. The van der Waals surface area contributed by atoms with Gasteiger partial charge in [-0.3, -0.25) is 9.59 Å². The summed E-state index contributed by atoms with van der Waals surface area (Å²) in [5.74, 6) is -2.15. The lowest BCUT2D eigenvalue weighted by molar-refractivity contribution is -0.143. The smallest absolute Gasteiger partial charge is 0.303 e. The average molecular weight is 443 g/mol. The Bertz CT molecular complexity index is 785. The summed E-state index contributed by atoms with van der Waals surface area (Å²) in [6, 6.07) is 4.23. The first kappa shape index (κ1) is 22.7. The fourth-order valence-electron chi connectivity index (χ4n) is 2.71. The van der Waals surface area contributed by atoms with E-state index < -0.39 is 11.9 Å². The molecule has 0 amide bonds. The minimum absolute atomic E-state index is 0.296. The van der Waals surface area contributed by atoms with Gasteiger partial charge in [0.1, 0.15) is 5.01 Å². The molecule has 9 heteroatoms. The summed E-state index contributed by atoms with van der Waals surface area (Å²) in [5.41, 5.74) is 2.86. The number of carboxylic acids is 2. The van der Waals surface area contributed by atoms with Gasteiger partial charge in [0.15, 0.2) is 0 Å². The second-order valence-corrected chi connectivity index (χ2v) is 8.87. The zero-order chi connectivity index (χ0) is 20.5. The molecule has 0 spiro atoms. The van der Waals surface area contributed by atoms with Crippen LogP contribution < -0.4 is 5.32 Å². The number of thioether (sulfide) groups is 1. The fourth-order valence-corrected chi connectivity index (χ4v) is 4.98. The van der Waals surface area contributed by atoms with Gasteiger partial charge in [-0.25, -0.2) is 4.98 Å². The number of benzene rings is 1. The van der Waals surface area contributed by atoms with E-state index in [-0.39, 0.29) is 12.8 Å². The molecule has 28 heavy (non-hydrogen) atoms. The highest BCUT2D eigenvalue weighted by Crippen LogP contribution is 2.42. The third kappa shape index (κ3) is 7.09. The highest BCUT2D eigenvalue weighted by atomic mass is 35.5. The molecule has 0 aliphatic carbocycles. The number of rotatable bonds is 6. The number of hydrogen-bond acceptors (Lipinski definition) is 6. The highest BCUT2D eigenvalue weighted by Gasteiger charge is 2.19. The largest absolute Gasteiger partial charge is 0.481 e. The number of nitrogens with zero attached hydrogens (tertiary/aromatic N) is 1. The van der Waals surface area contributed by atoms with Crippen LogP contribution in [0.25, 0.3) is 0 Å². The molecule has 0 saturated carbocycles. The normalized spacial score (nSPS) is 14.2. The van der Waals surface area contributed by atoms with Gasteiger partial charge in [0, 0.05) is 16.5 Å². The Morgan fingerprint density at radius 2 is 1.93 bits per heavy atom. The maximum atomic E-state index is 9.64. The van der Waals surface area contributed by atoms with Crippen LogP contribution in [0.4, 0.5) is 0 Å². The summed E-state index contributed by atoms with van der Waals surface area (Å²) in [6.07, 6.45) is 3.42. The van der Waals surface area contributed by atoms with Gasteiger partial charge in [0.25, 0.3) is 0 Å². The van der Waals surface area contributed by atoms with Crippen molar-refractivity contribution in [2.45, 2.75) is 42.8 Å². The number of halogens is 1. The van der Waals surface area contributed by atoms with Gasteiger partial charge >= 0.3 is 11.9 Å². The molecular formula is C19H23ClN2O4S2. The monoisotopic (exact) mass is 442 g/mol. The molecule has 6 nitrogen and oxygen atoms in total. The van der Waals surface area contributed by atoms with Crippen LogP contribution in [-0.4, -0.2) is 40.2 Å². The molecule has 3 rings (SSSR count). The summed E-state index contributed by atoms with van der Waals surface area (Å²) < 4.78 is 0. The van der Waals surface area contributed by atoms with Crippen LogP contribution in [0.3, 0.4) is 0 Å². The molecule has 3 N–H and O–H groups in total. The third-order valence-corrected chi connectivity index (χ3v) is 6.89. The number of fused-ring (bicyclic) bond motifs is 1. The molecule has 2 aromatic rings. The zero-order valence-electron chi connectivity index (χ0n) is 15.5. The van der Waals surface area contributed by atoms with E-state index in [9.17, 15) is 9.59 Å². The van der Waals surface area contributed by atoms with Crippen LogP contribution in [0.2, 0.25) is 5.02 Å². The molecular weight excluding hydrogens is 420 g/mol. The molecule has 1 aliphatic heterocycles. The number of hydrogen-bond donors (Lipinski definition) is 3. The molecule has 0 saturated heterocycles. The van der Waals surface area contributed by atoms with Gasteiger partial charge in [-0.15, -0.1) is 23.1 Å². The topological polar surface area (TPSA) is 99.5 Å².